The zero-order chi connectivity index (χ0) is 12.4. The third kappa shape index (κ3) is 8.23. The van der Waals surface area contributed by atoms with E-state index in [9.17, 15) is 9.59 Å². The Kier molecular flexibility index (Phi) is 8.52. The van der Waals surface area contributed by atoms with Crippen LogP contribution >= 0.6 is 0 Å². The molecule has 0 radical (unpaired) electrons. The molecule has 0 saturated carbocycles. The van der Waals surface area contributed by atoms with Gasteiger partial charge >= 0.3 is 5.97 Å². The van der Waals surface area contributed by atoms with E-state index in [1.54, 1.807) is 0 Å². The van der Waals surface area contributed by atoms with Gasteiger partial charge in [-0.3, -0.25) is 9.59 Å². The van der Waals surface area contributed by atoms with Gasteiger partial charge in [0, 0.05) is 18.9 Å². The lowest BCUT2D eigenvalue weighted by Crippen LogP contribution is -2.31. The first kappa shape index (κ1) is 14.9. The number of carbonyl (C=O) groups is 2. The van der Waals surface area contributed by atoms with E-state index in [2.05, 4.69) is 5.32 Å². The Bertz CT molecular complexity index is 219. The number of hydrogen-bond donors (Lipinski definition) is 3. The maximum absolute atomic E-state index is 11.4. The summed E-state index contributed by atoms with van der Waals surface area (Å²) in [5.41, 5.74) is 5.35. The second-order valence-electron chi connectivity index (χ2n) is 3.97. The van der Waals surface area contributed by atoms with Gasteiger partial charge in [-0.1, -0.05) is 13.3 Å². The van der Waals surface area contributed by atoms with Gasteiger partial charge in [-0.2, -0.15) is 0 Å². The number of nitrogens with two attached hydrogens (primary N) is 1. The molecule has 94 valence electrons. The average Bonchev–Trinajstić information content (AvgIpc) is 2.22. The zero-order valence-corrected chi connectivity index (χ0v) is 9.87. The van der Waals surface area contributed by atoms with Crippen molar-refractivity contribution in [2.75, 3.05) is 13.1 Å². The predicted octanol–water partition coefficient (Wildman–Crippen LogP) is 0.733. The highest BCUT2D eigenvalue weighted by Crippen LogP contribution is 2.01. The number of carboxylic acid groups (broad SMARTS) is 1. The summed E-state index contributed by atoms with van der Waals surface area (Å²) in [5.74, 6) is -0.770. The molecule has 1 unspecified atom stereocenters. The summed E-state index contributed by atoms with van der Waals surface area (Å²) in [4.78, 5) is 21.6. The minimum absolute atomic E-state index is 0.0312. The van der Waals surface area contributed by atoms with Gasteiger partial charge in [-0.25, -0.2) is 0 Å². The summed E-state index contributed by atoms with van der Waals surface area (Å²) in [6.45, 7) is 2.99. The van der Waals surface area contributed by atoms with Crippen LogP contribution in [0.15, 0.2) is 0 Å². The molecule has 5 heteroatoms. The molecule has 0 rings (SSSR count). The standard InChI is InChI=1S/C11H22N2O3/c1-9(6-7-12)11(16)13-8-4-2-3-5-10(14)15/h9H,2-8,12H2,1H3,(H,13,16)(H,14,15). The van der Waals surface area contributed by atoms with Crippen molar-refractivity contribution in [1.29, 1.82) is 0 Å². The van der Waals surface area contributed by atoms with Crippen molar-refractivity contribution in [2.45, 2.75) is 39.0 Å². The van der Waals surface area contributed by atoms with Crippen LogP contribution in [0.5, 0.6) is 0 Å². The molecule has 0 aliphatic carbocycles. The molecule has 1 atom stereocenters. The summed E-state index contributed by atoms with van der Waals surface area (Å²) < 4.78 is 0. The fourth-order valence-corrected chi connectivity index (χ4v) is 1.34. The van der Waals surface area contributed by atoms with Crippen LogP contribution < -0.4 is 11.1 Å². The maximum Gasteiger partial charge on any atom is 0.303 e. The number of carbonyl (C=O) groups excluding carboxylic acids is 1. The van der Waals surface area contributed by atoms with E-state index >= 15 is 0 Å². The molecule has 4 N–H and O–H groups in total. The third-order valence-corrected chi connectivity index (χ3v) is 2.41. The summed E-state index contributed by atoms with van der Waals surface area (Å²) >= 11 is 0. The lowest BCUT2D eigenvalue weighted by molar-refractivity contribution is -0.137. The lowest BCUT2D eigenvalue weighted by atomic mass is 10.1. The molecule has 0 aromatic carbocycles. The Morgan fingerprint density at radius 1 is 1.31 bits per heavy atom. The highest BCUT2D eigenvalue weighted by atomic mass is 16.4. The van der Waals surface area contributed by atoms with Gasteiger partial charge in [0.15, 0.2) is 0 Å². The van der Waals surface area contributed by atoms with E-state index in [1.165, 1.54) is 0 Å². The van der Waals surface area contributed by atoms with E-state index in [4.69, 9.17) is 10.8 Å². The molecule has 5 nitrogen and oxygen atoms in total. The molecular formula is C11H22N2O3. The number of nitrogens with one attached hydrogen (secondary N) is 1. The second kappa shape index (κ2) is 9.15. The molecule has 0 aromatic heterocycles. The predicted molar refractivity (Wildman–Crippen MR) is 61.9 cm³/mol. The van der Waals surface area contributed by atoms with Gasteiger partial charge in [0.1, 0.15) is 0 Å². The van der Waals surface area contributed by atoms with Crippen LogP contribution in [0.4, 0.5) is 0 Å². The second-order valence-corrected chi connectivity index (χ2v) is 3.97. The first-order chi connectivity index (χ1) is 7.57. The monoisotopic (exact) mass is 230 g/mol. The highest BCUT2D eigenvalue weighted by molar-refractivity contribution is 5.78. The Morgan fingerprint density at radius 3 is 2.56 bits per heavy atom. The molecule has 0 aliphatic rings. The smallest absolute Gasteiger partial charge is 0.303 e. The molecule has 0 saturated heterocycles. The van der Waals surface area contributed by atoms with Crippen molar-refractivity contribution in [2.24, 2.45) is 11.7 Å². The van der Waals surface area contributed by atoms with Crippen LogP contribution in [0, 0.1) is 5.92 Å². The number of unbranched alkanes of at least 4 members (excludes halogenated alkanes) is 2. The maximum atomic E-state index is 11.4. The molecule has 0 aromatic rings. The Balaban J connectivity index is 3.37. The van der Waals surface area contributed by atoms with E-state index in [0.717, 1.165) is 12.8 Å². The largest absolute Gasteiger partial charge is 0.481 e. The highest BCUT2D eigenvalue weighted by Gasteiger charge is 2.10. The van der Waals surface area contributed by atoms with Crippen molar-refractivity contribution in [1.82, 2.24) is 5.32 Å². The third-order valence-electron chi connectivity index (χ3n) is 2.41. The van der Waals surface area contributed by atoms with Crippen molar-refractivity contribution in [3.63, 3.8) is 0 Å². The number of aliphatic carboxylic acids is 1. The van der Waals surface area contributed by atoms with Crippen LogP contribution in [-0.2, 0) is 9.59 Å². The molecule has 0 fully saturated rings. The minimum atomic E-state index is -0.763. The van der Waals surface area contributed by atoms with Crippen LogP contribution in [0.3, 0.4) is 0 Å². The van der Waals surface area contributed by atoms with Crippen molar-refractivity contribution in [3.8, 4) is 0 Å². The van der Waals surface area contributed by atoms with E-state index < -0.39 is 5.97 Å². The van der Waals surface area contributed by atoms with Crippen LogP contribution in [0.25, 0.3) is 0 Å². The van der Waals surface area contributed by atoms with Crippen LogP contribution in [0.2, 0.25) is 0 Å². The number of rotatable bonds is 9. The average molecular weight is 230 g/mol. The number of amides is 1. The first-order valence-electron chi connectivity index (χ1n) is 5.77. The van der Waals surface area contributed by atoms with E-state index in [0.29, 0.717) is 25.9 Å². The van der Waals surface area contributed by atoms with Gasteiger partial charge in [0.05, 0.1) is 0 Å². The normalized spacial score (nSPS) is 12.1. The molecule has 0 heterocycles. The summed E-state index contributed by atoms with van der Waals surface area (Å²) in [6, 6.07) is 0. The van der Waals surface area contributed by atoms with Gasteiger partial charge < -0.3 is 16.2 Å². The van der Waals surface area contributed by atoms with Crippen molar-refractivity contribution >= 4 is 11.9 Å². The molecule has 1 amide bonds. The Labute approximate surface area is 96.4 Å². The van der Waals surface area contributed by atoms with E-state index in [1.807, 2.05) is 6.92 Å². The Hall–Kier alpha value is -1.10. The Morgan fingerprint density at radius 2 is 2.00 bits per heavy atom. The van der Waals surface area contributed by atoms with Crippen LogP contribution in [0.1, 0.15) is 39.0 Å². The SMILES string of the molecule is CC(CCN)C(=O)NCCCCCC(=O)O. The van der Waals surface area contributed by atoms with Gasteiger partial charge in [-0.05, 0) is 25.8 Å². The van der Waals surface area contributed by atoms with Gasteiger partial charge in [0.2, 0.25) is 5.91 Å². The molecule has 16 heavy (non-hydrogen) atoms. The number of carboxylic acids is 1. The fraction of sp³-hybridized carbons (Fsp3) is 0.818. The molecule has 0 aliphatic heterocycles. The topological polar surface area (TPSA) is 92.4 Å². The zero-order valence-electron chi connectivity index (χ0n) is 9.87. The fourth-order valence-electron chi connectivity index (χ4n) is 1.34. The summed E-state index contributed by atoms with van der Waals surface area (Å²) in [5, 5.41) is 11.2. The van der Waals surface area contributed by atoms with E-state index in [-0.39, 0.29) is 18.2 Å². The molecular weight excluding hydrogens is 208 g/mol. The molecule has 0 spiro atoms. The van der Waals surface area contributed by atoms with Crippen molar-refractivity contribution in [3.05, 3.63) is 0 Å². The molecule has 0 bridgehead atoms. The van der Waals surface area contributed by atoms with Crippen LogP contribution in [-0.4, -0.2) is 30.1 Å². The number of hydrogen-bond acceptors (Lipinski definition) is 3. The minimum Gasteiger partial charge on any atom is -0.481 e. The van der Waals surface area contributed by atoms with Gasteiger partial charge in [-0.15, -0.1) is 0 Å². The summed E-state index contributed by atoms with van der Waals surface area (Å²) in [7, 11) is 0. The lowest BCUT2D eigenvalue weighted by Gasteiger charge is -2.10. The summed E-state index contributed by atoms with van der Waals surface area (Å²) in [6.07, 6.45) is 3.23. The quantitative estimate of drug-likeness (QED) is 0.509. The van der Waals surface area contributed by atoms with Gasteiger partial charge in [0.25, 0.3) is 0 Å². The first-order valence-corrected chi connectivity index (χ1v) is 5.77. The van der Waals surface area contributed by atoms with Crippen molar-refractivity contribution < 1.29 is 14.7 Å².